The summed E-state index contributed by atoms with van der Waals surface area (Å²) in [4.78, 5) is 14.3. The molecule has 0 aliphatic heterocycles. The van der Waals surface area contributed by atoms with Crippen molar-refractivity contribution >= 4 is 20.7 Å². The first-order valence-corrected chi connectivity index (χ1v) is 2.66. The lowest BCUT2D eigenvalue weighted by atomic mass is 11.0. The molecule has 0 aromatic rings. The van der Waals surface area contributed by atoms with Crippen LogP contribution >= 0.6 is 20.7 Å². The number of hydrogen-bond donors (Lipinski definition) is 2. The SMILES string of the molecule is C=C=C.Cl.O=[PH](O)O. The van der Waals surface area contributed by atoms with Crippen LogP contribution in [0.4, 0.5) is 0 Å². The van der Waals surface area contributed by atoms with Crippen molar-refractivity contribution < 1.29 is 14.4 Å². The molecule has 5 heteroatoms. The van der Waals surface area contributed by atoms with E-state index in [0.717, 1.165) is 0 Å². The topological polar surface area (TPSA) is 57.5 Å². The first kappa shape index (κ1) is 15.7. The monoisotopic (exact) mass is 158 g/mol. The standard InChI is InChI=1S/C3H4.ClH.H3O3P/c1-3-2;;1-4(2)3/h1-2H2;1H;4H,(H2,1,2,3). The Hall–Kier alpha value is -0.0400. The average molecular weight is 159 g/mol. The van der Waals surface area contributed by atoms with Gasteiger partial charge in [-0.15, -0.1) is 18.1 Å². The van der Waals surface area contributed by atoms with Crippen LogP contribution in [0.25, 0.3) is 0 Å². The van der Waals surface area contributed by atoms with Crippen molar-refractivity contribution in [1.29, 1.82) is 0 Å². The van der Waals surface area contributed by atoms with E-state index in [0.29, 0.717) is 0 Å². The Kier molecular flexibility index (Phi) is 30.9. The molecule has 0 aromatic carbocycles. The summed E-state index contributed by atoms with van der Waals surface area (Å²) in [6, 6.07) is 0. The zero-order valence-corrected chi connectivity index (χ0v) is 5.94. The molecule has 50 valence electrons. The van der Waals surface area contributed by atoms with Gasteiger partial charge in [0, 0.05) is 0 Å². The van der Waals surface area contributed by atoms with Crippen molar-refractivity contribution in [2.75, 3.05) is 0 Å². The average Bonchev–Trinajstić information content (AvgIpc) is 1.33. The zero-order chi connectivity index (χ0) is 6.28. The van der Waals surface area contributed by atoms with E-state index in [1.54, 1.807) is 0 Å². The van der Waals surface area contributed by atoms with E-state index < -0.39 is 8.25 Å². The van der Waals surface area contributed by atoms with Crippen LogP contribution in [0.1, 0.15) is 0 Å². The van der Waals surface area contributed by atoms with Gasteiger partial charge in [-0.05, 0) is 0 Å². The van der Waals surface area contributed by atoms with Crippen molar-refractivity contribution in [1.82, 2.24) is 0 Å². The first-order valence-electron chi connectivity index (χ1n) is 1.36. The van der Waals surface area contributed by atoms with Gasteiger partial charge in [0.2, 0.25) is 0 Å². The van der Waals surface area contributed by atoms with Crippen molar-refractivity contribution in [2.24, 2.45) is 0 Å². The van der Waals surface area contributed by atoms with Gasteiger partial charge in [0.15, 0.2) is 0 Å². The second-order valence-corrected chi connectivity index (χ2v) is 1.10. The number of halogens is 1. The maximum Gasteiger partial charge on any atom is 0.314 e. The van der Waals surface area contributed by atoms with Crippen molar-refractivity contribution in [3.63, 3.8) is 0 Å². The van der Waals surface area contributed by atoms with Gasteiger partial charge in [0.25, 0.3) is 0 Å². The minimum absolute atomic E-state index is 0. The summed E-state index contributed by atoms with van der Waals surface area (Å²) in [6.45, 7) is 6.25. The van der Waals surface area contributed by atoms with Gasteiger partial charge in [-0.2, -0.15) is 0 Å². The van der Waals surface area contributed by atoms with Crippen molar-refractivity contribution in [2.45, 2.75) is 0 Å². The van der Waals surface area contributed by atoms with Crippen LogP contribution < -0.4 is 0 Å². The molecule has 2 N–H and O–H groups in total. The van der Waals surface area contributed by atoms with Crippen LogP contribution in [0.5, 0.6) is 0 Å². The third-order valence-corrected chi connectivity index (χ3v) is 0. The maximum absolute atomic E-state index is 8.74. The molecule has 0 saturated heterocycles. The molecular formula is C3H8ClO3P. The molecule has 0 unspecified atom stereocenters. The fourth-order valence-electron chi connectivity index (χ4n) is 0. The van der Waals surface area contributed by atoms with Crippen LogP contribution in [-0.4, -0.2) is 9.79 Å². The zero-order valence-electron chi connectivity index (χ0n) is 4.13. The van der Waals surface area contributed by atoms with Gasteiger partial charge < -0.3 is 9.79 Å². The summed E-state index contributed by atoms with van der Waals surface area (Å²) >= 11 is 0. The van der Waals surface area contributed by atoms with Gasteiger partial charge in [0.1, 0.15) is 0 Å². The minimum atomic E-state index is -3.13. The summed E-state index contributed by atoms with van der Waals surface area (Å²) in [5, 5.41) is 0. The van der Waals surface area contributed by atoms with E-state index in [-0.39, 0.29) is 12.4 Å². The van der Waals surface area contributed by atoms with E-state index in [1.807, 2.05) is 0 Å². The van der Waals surface area contributed by atoms with Gasteiger partial charge in [-0.25, -0.2) is 0 Å². The molecule has 0 bridgehead atoms. The molecule has 0 spiro atoms. The molecule has 0 radical (unpaired) electrons. The van der Waals surface area contributed by atoms with Crippen LogP contribution in [0.3, 0.4) is 0 Å². The Morgan fingerprint density at radius 1 is 1.38 bits per heavy atom. The van der Waals surface area contributed by atoms with Crippen LogP contribution in [0.2, 0.25) is 0 Å². The van der Waals surface area contributed by atoms with Crippen LogP contribution in [-0.2, 0) is 4.57 Å². The molecule has 0 amide bonds. The molecule has 0 aliphatic rings. The summed E-state index contributed by atoms with van der Waals surface area (Å²) < 4.78 is 8.74. The molecule has 8 heavy (non-hydrogen) atoms. The molecule has 0 aliphatic carbocycles. The third kappa shape index (κ3) is 91600. The molecule has 0 aromatic heterocycles. The molecular weight excluding hydrogens is 150 g/mol. The van der Waals surface area contributed by atoms with E-state index in [1.165, 1.54) is 0 Å². The number of hydrogen-bond acceptors (Lipinski definition) is 1. The highest BCUT2D eigenvalue weighted by Crippen LogP contribution is 1.98. The summed E-state index contributed by atoms with van der Waals surface area (Å²) in [5.74, 6) is 0. The highest BCUT2D eigenvalue weighted by Gasteiger charge is 1.61. The highest BCUT2D eigenvalue weighted by atomic mass is 35.5. The predicted molar refractivity (Wildman–Crippen MR) is 35.5 cm³/mol. The quantitative estimate of drug-likeness (QED) is 0.404. The van der Waals surface area contributed by atoms with Gasteiger partial charge in [-0.1, -0.05) is 13.2 Å². The van der Waals surface area contributed by atoms with E-state index in [9.17, 15) is 0 Å². The maximum atomic E-state index is 8.74. The molecule has 0 fully saturated rings. The Morgan fingerprint density at radius 3 is 1.38 bits per heavy atom. The van der Waals surface area contributed by atoms with Gasteiger partial charge in [-0.3, -0.25) is 4.57 Å². The molecule has 3 nitrogen and oxygen atoms in total. The van der Waals surface area contributed by atoms with Crippen LogP contribution in [0, 0.1) is 0 Å². The fourth-order valence-corrected chi connectivity index (χ4v) is 0. The largest absolute Gasteiger partial charge is 0.326 e. The predicted octanol–water partition coefficient (Wildman–Crippen LogP) is 0.740. The highest BCUT2D eigenvalue weighted by molar-refractivity contribution is 7.30. The Morgan fingerprint density at radius 2 is 1.38 bits per heavy atom. The Balaban J connectivity index is -0.0000000575. The fraction of sp³-hybridized carbons (Fsp3) is 0. The first-order chi connectivity index (χ1) is 3.15. The molecule has 0 rings (SSSR count). The minimum Gasteiger partial charge on any atom is -0.326 e. The third-order valence-electron chi connectivity index (χ3n) is 0. The van der Waals surface area contributed by atoms with E-state index >= 15 is 0 Å². The molecule has 0 atom stereocenters. The van der Waals surface area contributed by atoms with Crippen molar-refractivity contribution in [3.8, 4) is 0 Å². The second kappa shape index (κ2) is 15.8. The lowest BCUT2D eigenvalue weighted by Crippen LogP contribution is -1.38. The van der Waals surface area contributed by atoms with E-state index in [2.05, 4.69) is 18.9 Å². The lowest BCUT2D eigenvalue weighted by molar-refractivity contribution is 0.405. The number of rotatable bonds is 0. The normalized spacial score (nSPS) is 5.38. The summed E-state index contributed by atoms with van der Waals surface area (Å²) in [6.07, 6.45) is 0. The Bertz CT molecular complexity index is 82.5. The smallest absolute Gasteiger partial charge is 0.314 e. The summed E-state index contributed by atoms with van der Waals surface area (Å²) in [5.41, 5.74) is 2.25. The van der Waals surface area contributed by atoms with Gasteiger partial charge in [0.05, 0.1) is 0 Å². The second-order valence-electron chi connectivity index (χ2n) is 0.533. The molecule has 0 saturated carbocycles. The summed E-state index contributed by atoms with van der Waals surface area (Å²) in [7, 11) is -3.13. The Labute approximate surface area is 54.7 Å². The van der Waals surface area contributed by atoms with Crippen LogP contribution in [0.15, 0.2) is 18.9 Å². The van der Waals surface area contributed by atoms with Crippen molar-refractivity contribution in [3.05, 3.63) is 18.9 Å². The lowest BCUT2D eigenvalue weighted by Gasteiger charge is -1.61. The van der Waals surface area contributed by atoms with Gasteiger partial charge >= 0.3 is 8.25 Å². The molecule has 0 heterocycles. The van der Waals surface area contributed by atoms with E-state index in [4.69, 9.17) is 14.4 Å².